The molecule has 15 heavy (non-hydrogen) atoms. The van der Waals surface area contributed by atoms with Gasteiger partial charge in [-0.15, -0.1) is 0 Å². The van der Waals surface area contributed by atoms with E-state index in [1.165, 1.54) is 0 Å². The molecule has 1 aromatic rings. The molecule has 0 saturated carbocycles. The Morgan fingerprint density at radius 3 is 2.93 bits per heavy atom. The molecule has 0 unspecified atom stereocenters. The molecule has 77 valence electrons. The highest BCUT2D eigenvalue weighted by atomic mass is 16.4. The van der Waals surface area contributed by atoms with Crippen LogP contribution in [0, 0.1) is 0 Å². The lowest BCUT2D eigenvalue weighted by Gasteiger charge is -2.07. The van der Waals surface area contributed by atoms with Crippen LogP contribution in [0.5, 0.6) is 0 Å². The van der Waals surface area contributed by atoms with E-state index in [9.17, 15) is 4.79 Å². The zero-order chi connectivity index (χ0) is 10.8. The second-order valence-electron chi connectivity index (χ2n) is 3.45. The number of carbonyl (C=O) groups is 1. The zero-order valence-corrected chi connectivity index (χ0v) is 8.05. The summed E-state index contributed by atoms with van der Waals surface area (Å²) in [6.45, 7) is 0. The van der Waals surface area contributed by atoms with E-state index in [0.717, 1.165) is 16.8 Å². The smallest absolute Gasteiger partial charge is 0.320 e. The van der Waals surface area contributed by atoms with Crippen molar-refractivity contribution in [2.24, 2.45) is 5.73 Å². The van der Waals surface area contributed by atoms with Gasteiger partial charge in [0.1, 0.15) is 6.04 Å². The van der Waals surface area contributed by atoms with Crippen molar-refractivity contribution in [2.75, 3.05) is 0 Å². The van der Waals surface area contributed by atoms with E-state index in [4.69, 9.17) is 10.8 Å². The second kappa shape index (κ2) is 3.74. The molecule has 1 aliphatic rings. The third-order valence-corrected chi connectivity index (χ3v) is 2.37. The normalized spacial score (nSPS) is 15.1. The molecule has 0 aliphatic carbocycles. The molecule has 0 amide bonds. The molecule has 1 heterocycles. The third kappa shape index (κ3) is 1.85. The molecule has 1 atom stereocenters. The monoisotopic (exact) mass is 203 g/mol. The summed E-state index contributed by atoms with van der Waals surface area (Å²) in [6.07, 6.45) is 2.00. The molecule has 0 fully saturated rings. The fourth-order valence-corrected chi connectivity index (χ4v) is 1.56. The summed E-state index contributed by atoms with van der Waals surface area (Å²) in [5.41, 5.74) is 8.22. The van der Waals surface area contributed by atoms with Crippen LogP contribution in [-0.2, 0) is 4.79 Å². The fraction of sp³-hybridized carbons (Fsp3) is 0.182. The molecule has 0 aromatic heterocycles. The van der Waals surface area contributed by atoms with Gasteiger partial charge in [0.15, 0.2) is 0 Å². The first-order valence-corrected chi connectivity index (χ1v) is 4.66. The molecule has 4 heteroatoms. The second-order valence-corrected chi connectivity index (χ2v) is 3.45. The van der Waals surface area contributed by atoms with E-state index < -0.39 is 12.0 Å². The van der Waals surface area contributed by atoms with Gasteiger partial charge in [-0.3, -0.25) is 10.1 Å². The van der Waals surface area contributed by atoms with Crippen LogP contribution in [0.25, 0.3) is 5.57 Å². The van der Waals surface area contributed by atoms with Crippen molar-refractivity contribution in [3.8, 4) is 0 Å². The Morgan fingerprint density at radius 1 is 1.47 bits per heavy atom. The number of fused-ring (bicyclic) bond motifs is 1. The van der Waals surface area contributed by atoms with Gasteiger partial charge in [0, 0.05) is 18.2 Å². The quantitative estimate of drug-likeness (QED) is 0.771. The van der Waals surface area contributed by atoms with Crippen molar-refractivity contribution in [2.45, 2.75) is 12.5 Å². The van der Waals surface area contributed by atoms with E-state index >= 15 is 0 Å². The average Bonchev–Trinajstić information content (AvgIpc) is 2.62. The number of carboxylic acids is 1. The molecule has 1 radical (unpaired) electrons. The predicted molar refractivity (Wildman–Crippen MR) is 56.4 cm³/mol. The first kappa shape index (κ1) is 9.73. The third-order valence-electron chi connectivity index (χ3n) is 2.37. The maximum atomic E-state index is 10.6. The van der Waals surface area contributed by atoms with Gasteiger partial charge in [-0.05, 0) is 11.6 Å². The van der Waals surface area contributed by atoms with Crippen molar-refractivity contribution in [3.63, 3.8) is 0 Å². The van der Waals surface area contributed by atoms with Gasteiger partial charge in [-0.1, -0.05) is 18.2 Å². The van der Waals surface area contributed by atoms with Crippen molar-refractivity contribution < 1.29 is 9.90 Å². The number of rotatable bonds is 3. The van der Waals surface area contributed by atoms with Crippen LogP contribution in [0.3, 0.4) is 0 Å². The number of benzene rings is 1. The molecule has 4 nitrogen and oxygen atoms in total. The molecule has 1 aliphatic heterocycles. The zero-order valence-electron chi connectivity index (χ0n) is 8.05. The molecule has 0 bridgehead atoms. The SMILES string of the molecule is N[C@H](CC1=C[N]c2ccccc21)C(=O)O. The van der Waals surface area contributed by atoms with Gasteiger partial charge in [-0.2, -0.15) is 0 Å². The molecular formula is C11H11N2O2. The summed E-state index contributed by atoms with van der Waals surface area (Å²) in [6, 6.07) is 6.76. The summed E-state index contributed by atoms with van der Waals surface area (Å²) < 4.78 is 0. The van der Waals surface area contributed by atoms with Crippen molar-refractivity contribution in [3.05, 3.63) is 36.0 Å². The van der Waals surface area contributed by atoms with Crippen LogP contribution >= 0.6 is 0 Å². The Bertz CT molecular complexity index is 426. The van der Waals surface area contributed by atoms with Gasteiger partial charge >= 0.3 is 5.97 Å². The summed E-state index contributed by atoms with van der Waals surface area (Å²) in [5, 5.41) is 12.9. The number of hydrogen-bond donors (Lipinski definition) is 2. The van der Waals surface area contributed by atoms with Crippen molar-refractivity contribution in [1.82, 2.24) is 5.32 Å². The molecule has 0 spiro atoms. The lowest BCUT2D eigenvalue weighted by Crippen LogP contribution is -2.30. The molecular weight excluding hydrogens is 192 g/mol. The Hall–Kier alpha value is -1.81. The fourth-order valence-electron chi connectivity index (χ4n) is 1.56. The number of aliphatic carboxylic acids is 1. The number of nitrogens with two attached hydrogens (primary N) is 1. The highest BCUT2D eigenvalue weighted by Crippen LogP contribution is 2.32. The lowest BCUT2D eigenvalue weighted by atomic mass is 10.0. The van der Waals surface area contributed by atoms with Gasteiger partial charge in [-0.25, -0.2) is 0 Å². The van der Waals surface area contributed by atoms with Gasteiger partial charge < -0.3 is 10.8 Å². The first-order chi connectivity index (χ1) is 7.18. The number of carboxylic acid groups (broad SMARTS) is 1. The first-order valence-electron chi connectivity index (χ1n) is 4.66. The molecule has 2 rings (SSSR count). The number of para-hydroxylation sites is 1. The maximum absolute atomic E-state index is 10.6. The summed E-state index contributed by atoms with van der Waals surface area (Å²) in [4.78, 5) is 10.6. The van der Waals surface area contributed by atoms with Gasteiger partial charge in [0.25, 0.3) is 0 Å². The van der Waals surface area contributed by atoms with Crippen LogP contribution in [0.2, 0.25) is 0 Å². The van der Waals surface area contributed by atoms with Gasteiger partial charge in [0.05, 0.1) is 5.69 Å². The van der Waals surface area contributed by atoms with Gasteiger partial charge in [0.2, 0.25) is 0 Å². The van der Waals surface area contributed by atoms with Crippen LogP contribution < -0.4 is 11.1 Å². The maximum Gasteiger partial charge on any atom is 0.320 e. The van der Waals surface area contributed by atoms with Crippen LogP contribution in [-0.4, -0.2) is 17.1 Å². The Balaban J connectivity index is 2.17. The summed E-state index contributed by atoms with van der Waals surface area (Å²) >= 11 is 0. The van der Waals surface area contributed by atoms with E-state index in [1.807, 2.05) is 24.3 Å². The number of hydrogen-bond acceptors (Lipinski definition) is 2. The van der Waals surface area contributed by atoms with E-state index in [1.54, 1.807) is 6.20 Å². The Kier molecular flexibility index (Phi) is 2.43. The molecule has 3 N–H and O–H groups in total. The van der Waals surface area contributed by atoms with Crippen LogP contribution in [0.1, 0.15) is 12.0 Å². The minimum absolute atomic E-state index is 0.315. The van der Waals surface area contributed by atoms with Crippen LogP contribution in [0.4, 0.5) is 5.69 Å². The van der Waals surface area contributed by atoms with Crippen molar-refractivity contribution >= 4 is 17.2 Å². The number of nitrogens with zero attached hydrogens (tertiary/aromatic N) is 1. The summed E-state index contributed by atoms with van der Waals surface area (Å²) in [5.74, 6) is -0.986. The largest absolute Gasteiger partial charge is 0.480 e. The van der Waals surface area contributed by atoms with E-state index in [0.29, 0.717) is 6.42 Å². The topological polar surface area (TPSA) is 77.4 Å². The summed E-state index contributed by atoms with van der Waals surface area (Å²) in [7, 11) is 0. The highest BCUT2D eigenvalue weighted by Gasteiger charge is 2.20. The van der Waals surface area contributed by atoms with Crippen molar-refractivity contribution in [1.29, 1.82) is 0 Å². The predicted octanol–water partition coefficient (Wildman–Crippen LogP) is 1.08. The van der Waals surface area contributed by atoms with E-state index in [-0.39, 0.29) is 0 Å². The average molecular weight is 203 g/mol. The molecule has 0 saturated heterocycles. The minimum atomic E-state index is -0.986. The standard InChI is InChI=1S/C11H11N2O2/c12-9(11(14)15)5-7-6-13-10-4-2-1-3-8(7)10/h1-4,6,9H,5,12H2,(H,14,15)/t9-/m1/s1. The Morgan fingerprint density at radius 2 is 2.20 bits per heavy atom. The molecule has 1 aromatic carbocycles. The lowest BCUT2D eigenvalue weighted by molar-refractivity contribution is -0.138. The Labute approximate surface area is 87.4 Å². The highest BCUT2D eigenvalue weighted by molar-refractivity contribution is 5.83. The van der Waals surface area contributed by atoms with E-state index in [2.05, 4.69) is 5.32 Å². The minimum Gasteiger partial charge on any atom is -0.480 e. The van der Waals surface area contributed by atoms with Crippen LogP contribution in [0.15, 0.2) is 30.5 Å².